The Morgan fingerprint density at radius 3 is 1.97 bits per heavy atom. The van der Waals surface area contributed by atoms with Crippen LogP contribution in [-0.4, -0.2) is 187 Å². The van der Waals surface area contributed by atoms with Crippen molar-refractivity contribution in [1.82, 2.24) is 0 Å². The van der Waals surface area contributed by atoms with Gasteiger partial charge in [0.15, 0.2) is 24.7 Å². The molecule has 0 unspecified atom stereocenters. The number of hydrogen-bond acceptors (Lipinski definition) is 18. The van der Waals surface area contributed by atoms with Crippen molar-refractivity contribution in [2.75, 3.05) is 19.8 Å². The minimum atomic E-state index is -1.85. The SMILES string of the molecule is C[C@H]1CC[C@]2(OC1)O[C@@H]1C[C@H]3[C@H]4CC=C5C[C@@H](O)C[C@@H](O[C@H]6O[C@@H](CO)[C@H](O)[C@@H](O[C@H]7O[C@@H](C)[C@H](O)[C@@H](O[C@H]8O[C@@H](CO)[C@H](O)[C@@H](O)[C@@H]8O)[C@@H]7O)[C@@H]6O)[C@]5(C)[C@H]4CC[C@@]3(C)[C@@H]1[C@@H]2C. The normalized spacial score (nSPS) is 58.1. The van der Waals surface area contributed by atoms with E-state index in [2.05, 4.69) is 33.8 Å². The minimum Gasteiger partial charge on any atom is -0.394 e. The molecule has 360 valence electrons. The molecule has 0 aromatic carbocycles. The third-order valence-corrected chi connectivity index (χ3v) is 17.7. The van der Waals surface area contributed by atoms with Crippen molar-refractivity contribution in [1.29, 1.82) is 0 Å². The van der Waals surface area contributed by atoms with Gasteiger partial charge in [-0.2, -0.15) is 0 Å². The van der Waals surface area contributed by atoms with Crippen LogP contribution in [0.1, 0.15) is 86.0 Å². The van der Waals surface area contributed by atoms with E-state index < -0.39 is 129 Å². The van der Waals surface area contributed by atoms with Gasteiger partial charge in [0.05, 0.1) is 44.2 Å². The Morgan fingerprint density at radius 1 is 0.683 bits per heavy atom. The highest BCUT2D eigenvalue weighted by Gasteiger charge is 2.69. The third kappa shape index (κ3) is 7.62. The van der Waals surface area contributed by atoms with Gasteiger partial charge >= 0.3 is 0 Å². The van der Waals surface area contributed by atoms with Crippen LogP contribution < -0.4 is 0 Å². The number of aliphatic hydroxyl groups excluding tert-OH is 10. The molecule has 3 saturated carbocycles. The molecule has 27 atom stereocenters. The summed E-state index contributed by atoms with van der Waals surface area (Å²) in [7, 11) is 0. The highest BCUT2D eigenvalue weighted by atomic mass is 16.8. The maximum atomic E-state index is 12.0. The smallest absolute Gasteiger partial charge is 0.187 e. The Hall–Kier alpha value is -0.980. The van der Waals surface area contributed by atoms with Crippen LogP contribution in [0.15, 0.2) is 11.6 Å². The number of allylic oxidation sites excluding steroid dienone is 1. The van der Waals surface area contributed by atoms with Crippen molar-refractivity contribution in [3.8, 4) is 0 Å². The molecule has 1 spiro atoms. The fraction of sp³-hybridized carbons (Fsp3) is 0.956. The summed E-state index contributed by atoms with van der Waals surface area (Å²) in [5.74, 6) is 1.58. The van der Waals surface area contributed by atoms with Gasteiger partial charge in [0.2, 0.25) is 0 Å². The molecule has 0 amide bonds. The van der Waals surface area contributed by atoms with Crippen LogP contribution in [0.3, 0.4) is 0 Å². The first kappa shape index (κ1) is 47.1. The molecule has 0 bridgehead atoms. The summed E-state index contributed by atoms with van der Waals surface area (Å²) in [6, 6.07) is 0. The lowest BCUT2D eigenvalue weighted by Gasteiger charge is -2.60. The molecule has 10 N–H and O–H groups in total. The predicted molar refractivity (Wildman–Crippen MR) is 216 cm³/mol. The average Bonchev–Trinajstić information content (AvgIpc) is 3.70. The first-order valence-corrected chi connectivity index (χ1v) is 23.5. The summed E-state index contributed by atoms with van der Waals surface area (Å²) in [5.41, 5.74) is 0.616. The van der Waals surface area contributed by atoms with E-state index in [0.717, 1.165) is 50.7 Å². The largest absolute Gasteiger partial charge is 0.394 e. The van der Waals surface area contributed by atoms with Gasteiger partial charge in [0.1, 0.15) is 67.1 Å². The van der Waals surface area contributed by atoms with E-state index in [1.165, 1.54) is 6.92 Å². The highest BCUT2D eigenvalue weighted by Crippen LogP contribution is 2.71. The van der Waals surface area contributed by atoms with Gasteiger partial charge in [-0.05, 0) is 80.5 Å². The fourth-order valence-corrected chi connectivity index (χ4v) is 14.1. The molecule has 8 fully saturated rings. The van der Waals surface area contributed by atoms with Crippen LogP contribution in [0.4, 0.5) is 0 Å². The van der Waals surface area contributed by atoms with Crippen LogP contribution in [0.25, 0.3) is 0 Å². The summed E-state index contributed by atoms with van der Waals surface area (Å²) in [6.45, 7) is 9.99. The van der Waals surface area contributed by atoms with Gasteiger partial charge in [0.25, 0.3) is 0 Å². The van der Waals surface area contributed by atoms with E-state index in [4.69, 9.17) is 37.9 Å². The molecule has 18 heteroatoms. The summed E-state index contributed by atoms with van der Waals surface area (Å²) in [5, 5.41) is 108. The maximum Gasteiger partial charge on any atom is 0.187 e. The lowest BCUT2D eigenvalue weighted by atomic mass is 9.46. The Kier molecular flexibility index (Phi) is 13.1. The standard InChI is InChI=1S/C45H72O18/c1-18-8-11-45(56-17-18)19(2)30-26(63-45)14-25-23-7-6-21-12-22(48)13-29(44(21,5)24(23)9-10-43(25,30)4)60-42-37(55)39(33(51)28(16-47)59-42)62-41-36(54)38(31(49)20(3)57-41)61-40-35(53)34(52)32(50)27(15-46)58-40/h6,18-20,22-42,46-55H,7-17H2,1-5H3/t18-,19-,20-,22+,23-,24-,25-,26+,27-,28-,29+,30+,31-,32-,33-,34+,35-,36-,37-,38+,39+,40+,41+,42+,43+,44-,45-/m0/s1. The summed E-state index contributed by atoms with van der Waals surface area (Å²) < 4.78 is 49.5. The van der Waals surface area contributed by atoms with Gasteiger partial charge in [0, 0.05) is 24.2 Å². The second-order valence-electron chi connectivity index (χ2n) is 21.2. The van der Waals surface area contributed by atoms with E-state index in [-0.39, 0.29) is 29.8 Å². The van der Waals surface area contributed by atoms with Crippen LogP contribution in [0.5, 0.6) is 0 Å². The second-order valence-corrected chi connectivity index (χ2v) is 21.2. The van der Waals surface area contributed by atoms with Gasteiger partial charge in [-0.15, -0.1) is 0 Å². The topological polar surface area (TPSA) is 276 Å². The van der Waals surface area contributed by atoms with Gasteiger partial charge in [-0.25, -0.2) is 0 Å². The first-order chi connectivity index (χ1) is 29.9. The molecule has 5 aliphatic heterocycles. The maximum absolute atomic E-state index is 12.0. The van der Waals surface area contributed by atoms with E-state index in [1.54, 1.807) is 0 Å². The molecule has 0 aromatic heterocycles. The van der Waals surface area contributed by atoms with E-state index >= 15 is 0 Å². The molecule has 9 rings (SSSR count). The van der Waals surface area contributed by atoms with Crippen molar-refractivity contribution >= 4 is 0 Å². The summed E-state index contributed by atoms with van der Waals surface area (Å²) in [4.78, 5) is 0. The van der Waals surface area contributed by atoms with Crippen molar-refractivity contribution < 1.29 is 89.0 Å². The second kappa shape index (κ2) is 17.5. The fourth-order valence-electron chi connectivity index (χ4n) is 14.1. The zero-order valence-electron chi connectivity index (χ0n) is 37.0. The molecule has 0 aromatic rings. The Balaban J connectivity index is 0.922. The molecular formula is C45H72O18. The van der Waals surface area contributed by atoms with Gasteiger partial charge in [-0.1, -0.05) is 39.3 Å². The van der Waals surface area contributed by atoms with Gasteiger partial charge in [-0.3, -0.25) is 0 Å². The Labute approximate surface area is 368 Å². The Bertz CT molecular complexity index is 1640. The van der Waals surface area contributed by atoms with Crippen molar-refractivity contribution in [3.63, 3.8) is 0 Å². The zero-order valence-corrected chi connectivity index (χ0v) is 37.0. The lowest BCUT2D eigenvalue weighted by Crippen LogP contribution is -2.66. The Morgan fingerprint density at radius 2 is 1.32 bits per heavy atom. The van der Waals surface area contributed by atoms with E-state index in [0.29, 0.717) is 30.1 Å². The van der Waals surface area contributed by atoms with Crippen molar-refractivity contribution in [3.05, 3.63) is 11.6 Å². The molecule has 5 heterocycles. The molecule has 9 aliphatic rings. The molecular weight excluding hydrogens is 828 g/mol. The number of rotatable bonds is 8. The summed E-state index contributed by atoms with van der Waals surface area (Å²) in [6.07, 6.45) is -16.2. The molecule has 18 nitrogen and oxygen atoms in total. The average molecular weight is 901 g/mol. The third-order valence-electron chi connectivity index (χ3n) is 17.7. The van der Waals surface area contributed by atoms with Crippen LogP contribution in [0.2, 0.25) is 0 Å². The molecule has 5 saturated heterocycles. The zero-order chi connectivity index (χ0) is 45.1. The lowest BCUT2D eigenvalue weighted by molar-refractivity contribution is -0.382. The number of hydrogen-bond donors (Lipinski definition) is 10. The first-order valence-electron chi connectivity index (χ1n) is 23.5. The minimum absolute atomic E-state index is 0.0588. The molecule has 63 heavy (non-hydrogen) atoms. The van der Waals surface area contributed by atoms with E-state index in [9.17, 15) is 51.1 Å². The highest BCUT2D eigenvalue weighted by molar-refractivity contribution is 5.29. The van der Waals surface area contributed by atoms with E-state index in [1.807, 2.05) is 0 Å². The van der Waals surface area contributed by atoms with Crippen LogP contribution in [0, 0.1) is 46.3 Å². The van der Waals surface area contributed by atoms with Crippen molar-refractivity contribution in [2.45, 2.75) is 202 Å². The molecule has 4 aliphatic carbocycles. The van der Waals surface area contributed by atoms with Crippen molar-refractivity contribution in [2.24, 2.45) is 46.3 Å². The van der Waals surface area contributed by atoms with Crippen LogP contribution in [-0.2, 0) is 37.9 Å². The predicted octanol–water partition coefficient (Wildman–Crippen LogP) is -0.815. The quantitative estimate of drug-likeness (QED) is 0.133. The summed E-state index contributed by atoms with van der Waals surface area (Å²) >= 11 is 0. The monoisotopic (exact) mass is 900 g/mol. The number of ether oxygens (including phenoxy) is 8. The number of aliphatic hydroxyl groups is 10. The van der Waals surface area contributed by atoms with Gasteiger partial charge < -0.3 is 89.0 Å². The molecule has 0 radical (unpaired) electrons. The van der Waals surface area contributed by atoms with Crippen LogP contribution >= 0.6 is 0 Å². The number of fused-ring (bicyclic) bond motifs is 7.